The highest BCUT2D eigenvalue weighted by Crippen LogP contribution is 2.07. The standard InChI is InChI=1S/C16H18N2OS/c19-16(15(20)12-14-4-2-1-3-5-14)18-11-8-13-6-9-17-10-7-13/h1-7,9-10,15,20H,8,11-12H2,(H,18,19). The summed E-state index contributed by atoms with van der Waals surface area (Å²) in [6, 6.07) is 13.8. The monoisotopic (exact) mass is 286 g/mol. The average molecular weight is 286 g/mol. The molecule has 1 amide bonds. The first-order valence-corrected chi connectivity index (χ1v) is 7.16. The number of benzene rings is 1. The Hall–Kier alpha value is -1.81. The number of amides is 1. The number of hydrogen-bond acceptors (Lipinski definition) is 3. The highest BCUT2D eigenvalue weighted by atomic mass is 32.1. The van der Waals surface area contributed by atoms with Gasteiger partial charge in [0.05, 0.1) is 5.25 Å². The summed E-state index contributed by atoms with van der Waals surface area (Å²) in [5.74, 6) is -0.0220. The molecule has 0 saturated carbocycles. The van der Waals surface area contributed by atoms with Crippen molar-refractivity contribution >= 4 is 18.5 Å². The van der Waals surface area contributed by atoms with Crippen molar-refractivity contribution in [2.75, 3.05) is 6.54 Å². The van der Waals surface area contributed by atoms with E-state index in [0.29, 0.717) is 13.0 Å². The van der Waals surface area contributed by atoms with Gasteiger partial charge in [0, 0.05) is 18.9 Å². The Morgan fingerprint density at radius 1 is 1.10 bits per heavy atom. The molecule has 3 nitrogen and oxygen atoms in total. The van der Waals surface area contributed by atoms with Gasteiger partial charge in [0.2, 0.25) is 5.91 Å². The summed E-state index contributed by atoms with van der Waals surface area (Å²) < 4.78 is 0. The van der Waals surface area contributed by atoms with Crippen molar-refractivity contribution in [2.45, 2.75) is 18.1 Å². The van der Waals surface area contributed by atoms with E-state index in [9.17, 15) is 4.79 Å². The molecule has 4 heteroatoms. The lowest BCUT2D eigenvalue weighted by Crippen LogP contribution is -2.34. The zero-order chi connectivity index (χ0) is 14.2. The summed E-state index contributed by atoms with van der Waals surface area (Å²) in [4.78, 5) is 15.9. The highest BCUT2D eigenvalue weighted by molar-refractivity contribution is 7.81. The van der Waals surface area contributed by atoms with Gasteiger partial charge < -0.3 is 5.32 Å². The molecule has 0 saturated heterocycles. The van der Waals surface area contributed by atoms with Gasteiger partial charge >= 0.3 is 0 Å². The molecule has 1 heterocycles. The highest BCUT2D eigenvalue weighted by Gasteiger charge is 2.13. The molecule has 0 fully saturated rings. The van der Waals surface area contributed by atoms with Crippen molar-refractivity contribution in [3.05, 3.63) is 66.0 Å². The molecule has 1 unspecified atom stereocenters. The average Bonchev–Trinajstić information content (AvgIpc) is 2.49. The number of thiol groups is 1. The summed E-state index contributed by atoms with van der Waals surface area (Å²) in [6.45, 7) is 0.620. The van der Waals surface area contributed by atoms with Gasteiger partial charge in [0.1, 0.15) is 0 Å². The number of carbonyl (C=O) groups is 1. The zero-order valence-corrected chi connectivity index (χ0v) is 12.1. The van der Waals surface area contributed by atoms with Crippen LogP contribution in [0.3, 0.4) is 0 Å². The predicted octanol–water partition coefficient (Wildman–Crippen LogP) is 2.28. The largest absolute Gasteiger partial charge is 0.355 e. The molecular formula is C16H18N2OS. The quantitative estimate of drug-likeness (QED) is 0.800. The number of rotatable bonds is 6. The zero-order valence-electron chi connectivity index (χ0n) is 11.2. The van der Waals surface area contributed by atoms with Crippen LogP contribution in [-0.4, -0.2) is 22.7 Å². The minimum Gasteiger partial charge on any atom is -0.355 e. The molecule has 0 bridgehead atoms. The lowest BCUT2D eigenvalue weighted by atomic mass is 10.1. The number of nitrogens with zero attached hydrogens (tertiary/aromatic N) is 1. The Morgan fingerprint density at radius 3 is 2.50 bits per heavy atom. The van der Waals surface area contributed by atoms with E-state index in [1.807, 2.05) is 42.5 Å². The van der Waals surface area contributed by atoms with Crippen LogP contribution in [0.1, 0.15) is 11.1 Å². The van der Waals surface area contributed by atoms with Gasteiger partial charge in [-0.05, 0) is 36.1 Å². The SMILES string of the molecule is O=C(NCCc1ccncc1)C(S)Cc1ccccc1. The van der Waals surface area contributed by atoms with Crippen LogP contribution >= 0.6 is 12.6 Å². The number of nitrogens with one attached hydrogen (secondary N) is 1. The van der Waals surface area contributed by atoms with E-state index in [1.54, 1.807) is 12.4 Å². The molecular weight excluding hydrogens is 268 g/mol. The fourth-order valence-corrected chi connectivity index (χ4v) is 2.23. The normalized spacial score (nSPS) is 11.8. The van der Waals surface area contributed by atoms with E-state index in [-0.39, 0.29) is 11.2 Å². The molecule has 0 aliphatic carbocycles. The molecule has 104 valence electrons. The summed E-state index contributed by atoms with van der Waals surface area (Å²) >= 11 is 4.37. The third kappa shape index (κ3) is 4.70. The van der Waals surface area contributed by atoms with Crippen molar-refractivity contribution < 1.29 is 4.79 Å². The molecule has 1 aromatic carbocycles. The lowest BCUT2D eigenvalue weighted by Gasteiger charge is -2.11. The molecule has 1 atom stereocenters. The molecule has 0 aliphatic heterocycles. The van der Waals surface area contributed by atoms with Gasteiger partial charge in [0.25, 0.3) is 0 Å². The van der Waals surface area contributed by atoms with Crippen molar-refractivity contribution in [3.8, 4) is 0 Å². The van der Waals surface area contributed by atoms with Crippen LogP contribution in [0.25, 0.3) is 0 Å². The Kier molecular flexibility index (Phi) is 5.62. The topological polar surface area (TPSA) is 42.0 Å². The summed E-state index contributed by atoms with van der Waals surface area (Å²) in [5.41, 5.74) is 2.29. The van der Waals surface area contributed by atoms with Gasteiger partial charge in [-0.2, -0.15) is 12.6 Å². The van der Waals surface area contributed by atoms with Crippen molar-refractivity contribution in [2.24, 2.45) is 0 Å². The minimum absolute atomic E-state index is 0.0220. The third-order valence-electron chi connectivity index (χ3n) is 3.04. The fourth-order valence-electron chi connectivity index (χ4n) is 1.93. The van der Waals surface area contributed by atoms with E-state index in [1.165, 1.54) is 5.56 Å². The van der Waals surface area contributed by atoms with Crippen molar-refractivity contribution in [1.82, 2.24) is 10.3 Å². The van der Waals surface area contributed by atoms with Gasteiger partial charge in [-0.1, -0.05) is 30.3 Å². The maximum atomic E-state index is 11.9. The molecule has 20 heavy (non-hydrogen) atoms. The van der Waals surface area contributed by atoms with Gasteiger partial charge in [0.15, 0.2) is 0 Å². The molecule has 0 spiro atoms. The lowest BCUT2D eigenvalue weighted by molar-refractivity contribution is -0.120. The first-order chi connectivity index (χ1) is 9.75. The maximum absolute atomic E-state index is 11.9. The maximum Gasteiger partial charge on any atom is 0.233 e. The third-order valence-corrected chi connectivity index (χ3v) is 3.45. The van der Waals surface area contributed by atoms with E-state index in [4.69, 9.17) is 0 Å². The van der Waals surface area contributed by atoms with E-state index < -0.39 is 0 Å². The van der Waals surface area contributed by atoms with E-state index in [0.717, 1.165) is 12.0 Å². The Morgan fingerprint density at radius 2 is 1.80 bits per heavy atom. The minimum atomic E-state index is -0.310. The number of carbonyl (C=O) groups excluding carboxylic acids is 1. The van der Waals surface area contributed by atoms with Crippen LogP contribution in [0.4, 0.5) is 0 Å². The fraction of sp³-hybridized carbons (Fsp3) is 0.250. The van der Waals surface area contributed by atoms with Gasteiger partial charge in [-0.15, -0.1) is 0 Å². The first-order valence-electron chi connectivity index (χ1n) is 6.64. The van der Waals surface area contributed by atoms with Gasteiger partial charge in [-0.25, -0.2) is 0 Å². The first kappa shape index (κ1) is 14.6. The smallest absolute Gasteiger partial charge is 0.233 e. The van der Waals surface area contributed by atoms with Gasteiger partial charge in [-0.3, -0.25) is 9.78 Å². The Balaban J connectivity index is 1.74. The molecule has 0 aliphatic rings. The van der Waals surface area contributed by atoms with E-state index in [2.05, 4.69) is 22.9 Å². The second-order valence-electron chi connectivity index (χ2n) is 4.60. The molecule has 1 aromatic heterocycles. The second-order valence-corrected chi connectivity index (χ2v) is 5.23. The molecule has 2 rings (SSSR count). The summed E-state index contributed by atoms with van der Waals surface area (Å²) in [6.07, 6.45) is 4.97. The number of hydrogen-bond donors (Lipinski definition) is 2. The molecule has 0 radical (unpaired) electrons. The van der Waals surface area contributed by atoms with Crippen molar-refractivity contribution in [1.29, 1.82) is 0 Å². The Labute approximate surface area is 124 Å². The number of pyridine rings is 1. The van der Waals surface area contributed by atoms with Crippen LogP contribution < -0.4 is 5.32 Å². The van der Waals surface area contributed by atoms with Crippen LogP contribution in [0.15, 0.2) is 54.9 Å². The van der Waals surface area contributed by atoms with Crippen LogP contribution in [-0.2, 0) is 17.6 Å². The van der Waals surface area contributed by atoms with Crippen molar-refractivity contribution in [3.63, 3.8) is 0 Å². The Bertz CT molecular complexity index is 531. The second kappa shape index (κ2) is 7.70. The molecule has 2 aromatic rings. The van der Waals surface area contributed by atoms with E-state index >= 15 is 0 Å². The van der Waals surface area contributed by atoms with Crippen LogP contribution in [0.2, 0.25) is 0 Å². The predicted molar refractivity (Wildman–Crippen MR) is 83.9 cm³/mol. The van der Waals surface area contributed by atoms with Crippen LogP contribution in [0, 0.1) is 0 Å². The molecule has 1 N–H and O–H groups in total. The summed E-state index contributed by atoms with van der Waals surface area (Å²) in [5, 5.41) is 2.61. The van der Waals surface area contributed by atoms with Crippen LogP contribution in [0.5, 0.6) is 0 Å². The number of aromatic nitrogens is 1. The summed E-state index contributed by atoms with van der Waals surface area (Å²) in [7, 11) is 0.